The summed E-state index contributed by atoms with van der Waals surface area (Å²) in [4.78, 5) is 13.3. The molecule has 5 heterocycles. The topological polar surface area (TPSA) is 154 Å². The number of likely N-dealkylation sites (N-methyl/N-ethyl adjacent to an activating group) is 1. The fourth-order valence-electron chi connectivity index (χ4n) is 7.34. The molecule has 224 valence electrons. The highest BCUT2D eigenvalue weighted by Crippen LogP contribution is 2.55. The molecule has 7 rings (SSSR count). The standard InChI is InChI=1S/C30H35N9O3S/c1-17(21-8-6-12-38(21)2)41-24-13-23(39-15-18(16-40-3)35-37-39)33-29(34-24)26-19-7-4-10-30(27(19)42-36-26)11-5-9-22-25(30)20(14-31)28(32)43-22/h13,15,17,21H,4-12,16,32H2,1-3H3/t17-,21-,30-/m0/s1. The summed E-state index contributed by atoms with van der Waals surface area (Å²) in [6.45, 7) is 3.48. The van der Waals surface area contributed by atoms with Gasteiger partial charge < -0.3 is 19.7 Å². The molecule has 0 amide bonds. The lowest BCUT2D eigenvalue weighted by molar-refractivity contribution is 0.117. The molecule has 3 atom stereocenters. The Morgan fingerprint density at radius 3 is 2.86 bits per heavy atom. The minimum Gasteiger partial charge on any atom is -0.473 e. The van der Waals surface area contributed by atoms with Crippen LogP contribution in [0, 0.1) is 11.3 Å². The van der Waals surface area contributed by atoms with E-state index >= 15 is 0 Å². The van der Waals surface area contributed by atoms with Crippen LogP contribution in [0.3, 0.4) is 0 Å². The Hall–Kier alpha value is -3.86. The van der Waals surface area contributed by atoms with Crippen LogP contribution in [0.2, 0.25) is 0 Å². The number of thiophene rings is 1. The molecule has 4 aromatic rings. The summed E-state index contributed by atoms with van der Waals surface area (Å²) in [5, 5.41) is 23.7. The van der Waals surface area contributed by atoms with Gasteiger partial charge in [-0.1, -0.05) is 10.4 Å². The molecule has 1 aliphatic heterocycles. The van der Waals surface area contributed by atoms with Crippen LogP contribution in [0.5, 0.6) is 5.88 Å². The quantitative estimate of drug-likeness (QED) is 0.324. The lowest BCUT2D eigenvalue weighted by Gasteiger charge is -2.39. The van der Waals surface area contributed by atoms with E-state index in [0.717, 1.165) is 74.8 Å². The molecule has 4 aromatic heterocycles. The van der Waals surface area contributed by atoms with Gasteiger partial charge in [-0.2, -0.15) is 10.2 Å². The molecule has 0 saturated carbocycles. The Bertz CT molecular complexity index is 1700. The van der Waals surface area contributed by atoms with Crippen LogP contribution in [0.4, 0.5) is 5.00 Å². The van der Waals surface area contributed by atoms with Gasteiger partial charge in [-0.15, -0.1) is 16.4 Å². The van der Waals surface area contributed by atoms with Crippen molar-refractivity contribution in [1.29, 1.82) is 5.26 Å². The smallest absolute Gasteiger partial charge is 0.219 e. The number of hydrogen-bond acceptors (Lipinski definition) is 12. The molecule has 2 aliphatic carbocycles. The Morgan fingerprint density at radius 1 is 1.26 bits per heavy atom. The molecular formula is C30H35N9O3S. The number of nitrogen functional groups attached to an aromatic ring is 1. The first-order valence-corrected chi connectivity index (χ1v) is 15.7. The number of ether oxygens (including phenoxy) is 2. The van der Waals surface area contributed by atoms with Gasteiger partial charge in [0.2, 0.25) is 5.88 Å². The molecule has 1 fully saturated rings. The summed E-state index contributed by atoms with van der Waals surface area (Å²) >= 11 is 1.53. The largest absolute Gasteiger partial charge is 0.473 e. The van der Waals surface area contributed by atoms with E-state index in [2.05, 4.69) is 40.4 Å². The predicted octanol–water partition coefficient (Wildman–Crippen LogP) is 4.19. The number of nitrogens with two attached hydrogens (primary N) is 1. The van der Waals surface area contributed by atoms with Crippen LogP contribution >= 0.6 is 11.3 Å². The number of likely N-dealkylation sites (tertiary alicyclic amines) is 1. The molecule has 3 aliphatic rings. The third-order valence-electron chi connectivity index (χ3n) is 9.25. The van der Waals surface area contributed by atoms with Crippen molar-refractivity contribution < 1.29 is 14.0 Å². The third-order valence-corrected chi connectivity index (χ3v) is 10.3. The molecule has 0 radical (unpaired) electrons. The Balaban J connectivity index is 1.32. The predicted molar refractivity (Wildman–Crippen MR) is 159 cm³/mol. The maximum absolute atomic E-state index is 10.1. The molecule has 2 N–H and O–H groups in total. The second-order valence-electron chi connectivity index (χ2n) is 11.9. The van der Waals surface area contributed by atoms with Crippen molar-refractivity contribution in [2.75, 3.05) is 26.4 Å². The van der Waals surface area contributed by atoms with Crippen LogP contribution in [0.1, 0.15) is 78.5 Å². The van der Waals surface area contributed by atoms with E-state index in [1.807, 2.05) is 0 Å². The monoisotopic (exact) mass is 601 g/mol. The van der Waals surface area contributed by atoms with Crippen LogP contribution in [0.25, 0.3) is 17.3 Å². The number of nitrogens with zero attached hydrogens (tertiary/aromatic N) is 8. The van der Waals surface area contributed by atoms with Crippen LogP contribution < -0.4 is 10.5 Å². The number of fused-ring (bicyclic) bond motifs is 4. The van der Waals surface area contributed by atoms with Crippen molar-refractivity contribution in [3.05, 3.63) is 45.3 Å². The highest BCUT2D eigenvalue weighted by Gasteiger charge is 2.48. The Morgan fingerprint density at radius 2 is 2.09 bits per heavy atom. The second kappa shape index (κ2) is 11.0. The molecule has 13 heteroatoms. The van der Waals surface area contributed by atoms with Gasteiger partial charge in [-0.05, 0) is 77.4 Å². The van der Waals surface area contributed by atoms with E-state index in [9.17, 15) is 5.26 Å². The summed E-state index contributed by atoms with van der Waals surface area (Å²) in [7, 11) is 3.75. The van der Waals surface area contributed by atoms with Crippen molar-refractivity contribution in [3.63, 3.8) is 0 Å². The zero-order valence-corrected chi connectivity index (χ0v) is 25.5. The number of hydrogen-bond donors (Lipinski definition) is 1. The Kier molecular flexibility index (Phi) is 7.15. The fourth-order valence-corrected chi connectivity index (χ4v) is 8.50. The van der Waals surface area contributed by atoms with Gasteiger partial charge in [-0.25, -0.2) is 9.67 Å². The highest BCUT2D eigenvalue weighted by atomic mass is 32.1. The van der Waals surface area contributed by atoms with E-state index < -0.39 is 5.41 Å². The normalized spacial score (nSPS) is 22.3. The average molecular weight is 602 g/mol. The van der Waals surface area contributed by atoms with E-state index in [1.165, 1.54) is 16.2 Å². The molecular weight excluding hydrogens is 566 g/mol. The van der Waals surface area contributed by atoms with Gasteiger partial charge in [0.1, 0.15) is 22.9 Å². The van der Waals surface area contributed by atoms with E-state index in [1.54, 1.807) is 24.1 Å². The van der Waals surface area contributed by atoms with Gasteiger partial charge in [0.25, 0.3) is 0 Å². The van der Waals surface area contributed by atoms with Gasteiger partial charge in [0, 0.05) is 29.7 Å². The van der Waals surface area contributed by atoms with Crippen LogP contribution in [-0.4, -0.2) is 67.9 Å². The van der Waals surface area contributed by atoms with E-state index in [-0.39, 0.29) is 6.10 Å². The number of nitriles is 1. The van der Waals surface area contributed by atoms with Crippen molar-refractivity contribution in [2.24, 2.45) is 0 Å². The lowest BCUT2D eigenvalue weighted by Crippen LogP contribution is -2.38. The second-order valence-corrected chi connectivity index (χ2v) is 13.0. The molecule has 1 spiro atoms. The summed E-state index contributed by atoms with van der Waals surface area (Å²) < 4.78 is 19.5. The summed E-state index contributed by atoms with van der Waals surface area (Å²) in [6.07, 6.45) is 9.33. The molecule has 1 saturated heterocycles. The van der Waals surface area contributed by atoms with Crippen molar-refractivity contribution in [3.8, 4) is 29.3 Å². The van der Waals surface area contributed by atoms with Gasteiger partial charge in [0.15, 0.2) is 23.1 Å². The number of anilines is 1. The lowest BCUT2D eigenvalue weighted by atomic mass is 9.63. The summed E-state index contributed by atoms with van der Waals surface area (Å²) in [5.74, 6) is 2.17. The zero-order chi connectivity index (χ0) is 29.7. The summed E-state index contributed by atoms with van der Waals surface area (Å²) in [6, 6.07) is 4.47. The minimum atomic E-state index is -0.426. The first-order chi connectivity index (χ1) is 20.9. The third kappa shape index (κ3) is 4.68. The first kappa shape index (κ1) is 27.9. The number of aromatic nitrogens is 6. The minimum absolute atomic E-state index is 0.0773. The molecule has 43 heavy (non-hydrogen) atoms. The molecule has 0 unspecified atom stereocenters. The van der Waals surface area contributed by atoms with Crippen LogP contribution in [-0.2, 0) is 29.6 Å². The van der Waals surface area contributed by atoms with Crippen molar-refractivity contribution in [1.82, 2.24) is 35.0 Å². The van der Waals surface area contributed by atoms with Crippen molar-refractivity contribution >= 4 is 16.3 Å². The van der Waals surface area contributed by atoms with Gasteiger partial charge in [0.05, 0.1) is 23.8 Å². The van der Waals surface area contributed by atoms with E-state index in [4.69, 9.17) is 29.7 Å². The SMILES string of the molecule is COCc1cn(-c2cc(O[C@@H](C)[C@@H]3CCCN3C)nc(-c3noc4c3CCC[C@@]43CCCc4sc(N)c(C#N)c43)n2)nn1. The van der Waals surface area contributed by atoms with Crippen molar-refractivity contribution in [2.45, 2.75) is 82.5 Å². The number of rotatable bonds is 7. The first-order valence-electron chi connectivity index (χ1n) is 14.9. The maximum Gasteiger partial charge on any atom is 0.219 e. The number of aryl methyl sites for hydroxylation is 1. The summed E-state index contributed by atoms with van der Waals surface area (Å²) in [5.41, 5.74) is 9.79. The maximum atomic E-state index is 10.1. The molecule has 0 bridgehead atoms. The molecule has 12 nitrogen and oxygen atoms in total. The van der Waals surface area contributed by atoms with Gasteiger partial charge in [-0.3, -0.25) is 4.90 Å². The zero-order valence-electron chi connectivity index (χ0n) is 24.7. The molecule has 0 aromatic carbocycles. The highest BCUT2D eigenvalue weighted by molar-refractivity contribution is 7.16. The Labute approximate surface area is 253 Å². The average Bonchev–Trinajstić information content (AvgIpc) is 3.79. The fraction of sp³-hybridized carbons (Fsp3) is 0.533. The number of methoxy groups -OCH3 is 1. The van der Waals surface area contributed by atoms with Crippen LogP contribution in [0.15, 0.2) is 16.8 Å². The van der Waals surface area contributed by atoms with Gasteiger partial charge >= 0.3 is 0 Å². The van der Waals surface area contributed by atoms with E-state index in [0.29, 0.717) is 52.1 Å².